The Kier molecular flexibility index (Phi) is 6.00. The fraction of sp³-hybridized carbons (Fsp3) is 0.136. The van der Waals surface area contributed by atoms with Gasteiger partial charge in [0.05, 0.1) is 26.9 Å². The average molecular weight is 475 g/mol. The van der Waals surface area contributed by atoms with Crippen molar-refractivity contribution >= 4 is 61.8 Å². The molecule has 0 radical (unpaired) electrons. The number of amides is 1. The second kappa shape index (κ2) is 8.70. The maximum absolute atomic E-state index is 12.6. The molecule has 0 saturated carbocycles. The molecule has 4 aromatic rings. The highest BCUT2D eigenvalue weighted by Crippen LogP contribution is 2.32. The molecule has 0 saturated heterocycles. The van der Waals surface area contributed by atoms with Gasteiger partial charge in [0.1, 0.15) is 5.76 Å². The number of benzene rings is 2. The number of nitrogens with zero attached hydrogens (tertiary/aromatic N) is 1. The van der Waals surface area contributed by atoms with Crippen molar-refractivity contribution in [3.05, 3.63) is 69.9 Å². The lowest BCUT2D eigenvalue weighted by Crippen LogP contribution is -2.11. The maximum Gasteiger partial charge on any atom is 0.338 e. The molecular formula is C22H16Cl2N2O4S. The summed E-state index contributed by atoms with van der Waals surface area (Å²) in [5.74, 6) is -0.291. The SMILES string of the molecule is CC(C)OC(=O)c1ccc2nc(NC(=O)c3ccc(-c4ccc(Cl)cc4Cl)o3)sc2c1. The molecule has 158 valence electrons. The van der Waals surface area contributed by atoms with E-state index in [2.05, 4.69) is 10.3 Å². The summed E-state index contributed by atoms with van der Waals surface area (Å²) in [6.45, 7) is 3.58. The van der Waals surface area contributed by atoms with E-state index in [-0.39, 0.29) is 11.9 Å². The number of hydrogen-bond donors (Lipinski definition) is 1. The Morgan fingerprint density at radius 3 is 2.65 bits per heavy atom. The van der Waals surface area contributed by atoms with Gasteiger partial charge in [-0.1, -0.05) is 34.5 Å². The van der Waals surface area contributed by atoms with Crippen LogP contribution >= 0.6 is 34.5 Å². The average Bonchev–Trinajstić information content (AvgIpc) is 3.33. The number of fused-ring (bicyclic) bond motifs is 1. The van der Waals surface area contributed by atoms with Crippen LogP contribution in [0.3, 0.4) is 0 Å². The van der Waals surface area contributed by atoms with Crippen LogP contribution in [0.5, 0.6) is 0 Å². The summed E-state index contributed by atoms with van der Waals surface area (Å²) in [7, 11) is 0. The van der Waals surface area contributed by atoms with Crippen LogP contribution in [0.2, 0.25) is 10.0 Å². The van der Waals surface area contributed by atoms with Gasteiger partial charge in [-0.3, -0.25) is 10.1 Å². The third-order valence-corrected chi connectivity index (χ3v) is 5.70. The van der Waals surface area contributed by atoms with Crippen molar-refractivity contribution in [2.24, 2.45) is 0 Å². The number of aromatic nitrogens is 1. The largest absolute Gasteiger partial charge is 0.459 e. The molecule has 1 N–H and O–H groups in total. The summed E-state index contributed by atoms with van der Waals surface area (Å²) >= 11 is 13.4. The molecule has 1 amide bonds. The molecule has 31 heavy (non-hydrogen) atoms. The van der Waals surface area contributed by atoms with Crippen molar-refractivity contribution < 1.29 is 18.7 Å². The summed E-state index contributed by atoms with van der Waals surface area (Å²) in [6.07, 6.45) is -0.208. The monoisotopic (exact) mass is 474 g/mol. The Balaban J connectivity index is 1.52. The summed E-state index contributed by atoms with van der Waals surface area (Å²) in [4.78, 5) is 29.1. The van der Waals surface area contributed by atoms with Crippen LogP contribution in [0.25, 0.3) is 21.5 Å². The fourth-order valence-electron chi connectivity index (χ4n) is 2.84. The number of hydrogen-bond acceptors (Lipinski definition) is 6. The lowest BCUT2D eigenvalue weighted by Gasteiger charge is -2.07. The summed E-state index contributed by atoms with van der Waals surface area (Å²) < 4.78 is 11.6. The molecular weight excluding hydrogens is 459 g/mol. The normalized spacial score (nSPS) is 11.1. The van der Waals surface area contributed by atoms with Gasteiger partial charge >= 0.3 is 5.97 Å². The molecule has 2 aromatic carbocycles. The van der Waals surface area contributed by atoms with Crippen LogP contribution < -0.4 is 5.32 Å². The molecule has 0 unspecified atom stereocenters. The van der Waals surface area contributed by atoms with Crippen molar-refractivity contribution in [1.82, 2.24) is 4.98 Å². The van der Waals surface area contributed by atoms with Crippen molar-refractivity contribution in [1.29, 1.82) is 0 Å². The number of thiazole rings is 1. The van der Waals surface area contributed by atoms with Gasteiger partial charge in [0.25, 0.3) is 5.91 Å². The quantitative estimate of drug-likeness (QED) is 0.326. The van der Waals surface area contributed by atoms with Gasteiger partial charge in [-0.15, -0.1) is 0 Å². The number of ether oxygens (including phenoxy) is 1. The van der Waals surface area contributed by atoms with E-state index in [9.17, 15) is 9.59 Å². The zero-order valence-electron chi connectivity index (χ0n) is 16.4. The lowest BCUT2D eigenvalue weighted by atomic mass is 10.2. The van der Waals surface area contributed by atoms with E-state index in [4.69, 9.17) is 32.4 Å². The van der Waals surface area contributed by atoms with Gasteiger partial charge in [-0.2, -0.15) is 0 Å². The summed E-state index contributed by atoms with van der Waals surface area (Å²) in [6, 6.07) is 13.3. The van der Waals surface area contributed by atoms with Gasteiger partial charge in [-0.25, -0.2) is 9.78 Å². The molecule has 0 aliphatic heterocycles. The number of nitrogens with one attached hydrogen (secondary N) is 1. The highest BCUT2D eigenvalue weighted by Gasteiger charge is 2.17. The number of furan rings is 1. The minimum Gasteiger partial charge on any atom is -0.459 e. The topological polar surface area (TPSA) is 81.4 Å². The van der Waals surface area contributed by atoms with Crippen LogP contribution in [0.15, 0.2) is 52.9 Å². The molecule has 0 spiro atoms. The number of halogens is 2. The van der Waals surface area contributed by atoms with E-state index >= 15 is 0 Å². The Labute approximate surface area is 191 Å². The van der Waals surface area contributed by atoms with Crippen LogP contribution in [-0.4, -0.2) is 23.0 Å². The standard InChI is InChI=1S/C22H16Cl2N2O4S/c1-11(2)29-21(28)12-3-6-16-19(9-12)31-22(25-16)26-20(27)18-8-7-17(30-18)14-5-4-13(23)10-15(14)24/h3-11H,1-2H3,(H,25,26,27). The first kappa shape index (κ1) is 21.4. The number of esters is 1. The Bertz CT molecular complexity index is 1300. The van der Waals surface area contributed by atoms with Gasteiger partial charge in [-0.05, 0) is 62.4 Å². The van der Waals surface area contributed by atoms with Crippen LogP contribution in [0, 0.1) is 0 Å². The molecule has 0 atom stereocenters. The van der Waals surface area contributed by atoms with E-state index in [0.717, 1.165) is 4.70 Å². The van der Waals surface area contributed by atoms with Crippen molar-refractivity contribution in [3.8, 4) is 11.3 Å². The minimum atomic E-state index is -0.449. The second-order valence-electron chi connectivity index (χ2n) is 6.90. The first-order valence-corrected chi connectivity index (χ1v) is 10.9. The summed E-state index contributed by atoms with van der Waals surface area (Å²) in [5, 5.41) is 4.04. The smallest absolute Gasteiger partial charge is 0.338 e. The maximum atomic E-state index is 12.6. The molecule has 2 heterocycles. The number of carbonyl (C=O) groups excluding carboxylic acids is 2. The fourth-order valence-corrected chi connectivity index (χ4v) is 4.24. The highest BCUT2D eigenvalue weighted by atomic mass is 35.5. The molecule has 0 aliphatic carbocycles. The first-order chi connectivity index (χ1) is 14.8. The molecule has 9 heteroatoms. The highest BCUT2D eigenvalue weighted by molar-refractivity contribution is 7.22. The zero-order chi connectivity index (χ0) is 22.1. The first-order valence-electron chi connectivity index (χ1n) is 9.28. The van der Waals surface area contributed by atoms with E-state index in [1.165, 1.54) is 11.3 Å². The molecule has 2 aromatic heterocycles. The third-order valence-electron chi connectivity index (χ3n) is 4.21. The van der Waals surface area contributed by atoms with E-state index in [1.54, 1.807) is 62.4 Å². The van der Waals surface area contributed by atoms with Gasteiger partial charge in [0, 0.05) is 10.6 Å². The minimum absolute atomic E-state index is 0.112. The van der Waals surface area contributed by atoms with Gasteiger partial charge < -0.3 is 9.15 Å². The molecule has 0 aliphatic rings. The van der Waals surface area contributed by atoms with Crippen LogP contribution in [-0.2, 0) is 4.74 Å². The summed E-state index contributed by atoms with van der Waals surface area (Å²) in [5.41, 5.74) is 1.72. The number of rotatable bonds is 5. The predicted octanol–water partition coefficient (Wildman–Crippen LogP) is 6.68. The predicted molar refractivity (Wildman–Crippen MR) is 122 cm³/mol. The van der Waals surface area contributed by atoms with E-state index in [1.807, 2.05) is 0 Å². The third kappa shape index (κ3) is 4.74. The zero-order valence-corrected chi connectivity index (χ0v) is 18.8. The van der Waals surface area contributed by atoms with Gasteiger partial charge in [0.2, 0.25) is 0 Å². The number of anilines is 1. The Morgan fingerprint density at radius 1 is 1.10 bits per heavy atom. The van der Waals surface area contributed by atoms with Gasteiger partial charge in [0.15, 0.2) is 10.9 Å². The van der Waals surface area contributed by atoms with E-state index in [0.29, 0.717) is 37.6 Å². The van der Waals surface area contributed by atoms with Crippen LogP contribution in [0.4, 0.5) is 5.13 Å². The molecule has 4 rings (SSSR count). The Morgan fingerprint density at radius 2 is 1.90 bits per heavy atom. The molecule has 0 fully saturated rings. The van der Waals surface area contributed by atoms with Crippen molar-refractivity contribution in [2.75, 3.05) is 5.32 Å². The molecule has 0 bridgehead atoms. The lowest BCUT2D eigenvalue weighted by molar-refractivity contribution is 0.0378. The number of carbonyl (C=O) groups is 2. The van der Waals surface area contributed by atoms with E-state index < -0.39 is 11.9 Å². The Hall–Kier alpha value is -2.87. The van der Waals surface area contributed by atoms with Crippen molar-refractivity contribution in [2.45, 2.75) is 20.0 Å². The second-order valence-corrected chi connectivity index (χ2v) is 8.77. The van der Waals surface area contributed by atoms with Crippen LogP contribution in [0.1, 0.15) is 34.8 Å². The molecule has 6 nitrogen and oxygen atoms in total. The van der Waals surface area contributed by atoms with Crippen molar-refractivity contribution in [3.63, 3.8) is 0 Å².